The van der Waals surface area contributed by atoms with Gasteiger partial charge < -0.3 is 14.7 Å². The zero-order chi connectivity index (χ0) is 25.4. The first kappa shape index (κ1) is 26.2. The zero-order valence-electron chi connectivity index (χ0n) is 20.4. The number of halogens is 1. The van der Waals surface area contributed by atoms with Crippen LogP contribution in [0, 0.1) is 22.9 Å². The molecule has 1 N–H and O–H groups in total. The normalized spacial score (nSPS) is 13.9. The summed E-state index contributed by atoms with van der Waals surface area (Å²) >= 11 is 0. The van der Waals surface area contributed by atoms with E-state index in [1.165, 1.54) is 17.9 Å². The number of ether oxygens (including phenoxy) is 1. The maximum atomic E-state index is 13.8. The van der Waals surface area contributed by atoms with Gasteiger partial charge in [-0.25, -0.2) is 14.2 Å². The molecule has 1 amide bonds. The molecular formula is C24H32FN3O5. The van der Waals surface area contributed by atoms with Crippen LogP contribution in [0.1, 0.15) is 58.4 Å². The van der Waals surface area contributed by atoms with Crippen LogP contribution in [0.4, 0.5) is 9.18 Å². The highest BCUT2D eigenvalue weighted by molar-refractivity contribution is 5.70. The molecular weight excluding hydrogens is 429 g/mol. The number of carbonyl (C=O) groups is 1. The van der Waals surface area contributed by atoms with E-state index >= 15 is 0 Å². The van der Waals surface area contributed by atoms with Crippen molar-refractivity contribution in [2.24, 2.45) is 0 Å². The van der Waals surface area contributed by atoms with Gasteiger partial charge in [-0.2, -0.15) is 0 Å². The fourth-order valence-electron chi connectivity index (χ4n) is 3.20. The van der Waals surface area contributed by atoms with Gasteiger partial charge in [0.05, 0.1) is 16.9 Å². The molecule has 8 nitrogen and oxygen atoms in total. The molecule has 2 aromatic rings. The minimum atomic E-state index is -1.87. The lowest BCUT2D eigenvalue weighted by Crippen LogP contribution is -2.45. The van der Waals surface area contributed by atoms with Gasteiger partial charge in [0, 0.05) is 17.5 Å². The van der Waals surface area contributed by atoms with E-state index in [-0.39, 0.29) is 11.5 Å². The van der Waals surface area contributed by atoms with Crippen molar-refractivity contribution in [1.82, 2.24) is 9.88 Å². The van der Waals surface area contributed by atoms with Crippen molar-refractivity contribution in [3.8, 4) is 11.3 Å². The number of nitro groups is 1. The summed E-state index contributed by atoms with van der Waals surface area (Å²) in [7, 11) is 1.59. The molecule has 1 heterocycles. The maximum Gasteiger partial charge on any atom is 0.410 e. The quantitative estimate of drug-likeness (QED) is 0.490. The summed E-state index contributed by atoms with van der Waals surface area (Å²) in [5.41, 5.74) is -1.50. The topological polar surface area (TPSA) is 106 Å². The van der Waals surface area contributed by atoms with Crippen LogP contribution in [0.3, 0.4) is 0 Å². The van der Waals surface area contributed by atoms with E-state index < -0.39 is 34.3 Å². The number of aryl methyl sites for hydroxylation is 1. The Kier molecular flexibility index (Phi) is 7.18. The van der Waals surface area contributed by atoms with Crippen molar-refractivity contribution in [2.45, 2.75) is 65.2 Å². The molecule has 0 aliphatic carbocycles. The third-order valence-corrected chi connectivity index (χ3v) is 5.48. The predicted octanol–water partition coefficient (Wildman–Crippen LogP) is 4.78. The number of carbonyl (C=O) groups excluding carboxylic acids is 1. The Labute approximate surface area is 193 Å². The van der Waals surface area contributed by atoms with Crippen LogP contribution in [0.25, 0.3) is 11.3 Å². The average molecular weight is 462 g/mol. The van der Waals surface area contributed by atoms with Gasteiger partial charge in [-0.15, -0.1) is 0 Å². The predicted molar refractivity (Wildman–Crippen MR) is 123 cm³/mol. The summed E-state index contributed by atoms with van der Waals surface area (Å²) in [4.78, 5) is 29.2. The summed E-state index contributed by atoms with van der Waals surface area (Å²) in [5.74, 6) is -0.375. The Morgan fingerprint density at radius 3 is 2.30 bits per heavy atom. The first-order chi connectivity index (χ1) is 14.9. The number of amides is 1. The molecule has 0 aliphatic heterocycles. The van der Waals surface area contributed by atoms with Gasteiger partial charge in [0.1, 0.15) is 11.4 Å². The van der Waals surface area contributed by atoms with Gasteiger partial charge in [0.2, 0.25) is 6.54 Å². The molecule has 9 heteroatoms. The molecule has 0 spiro atoms. The Balaban J connectivity index is 2.67. The fraction of sp³-hybridized carbons (Fsp3) is 0.500. The summed E-state index contributed by atoms with van der Waals surface area (Å²) in [5, 5.41) is 22.0. The zero-order valence-corrected chi connectivity index (χ0v) is 20.4. The summed E-state index contributed by atoms with van der Waals surface area (Å²) in [6, 6.07) is 7.73. The molecule has 0 bridgehead atoms. The van der Waals surface area contributed by atoms with Crippen LogP contribution in [0.2, 0.25) is 0 Å². The number of aromatic nitrogens is 1. The van der Waals surface area contributed by atoms with E-state index in [0.717, 1.165) is 0 Å². The van der Waals surface area contributed by atoms with Crippen LogP contribution in [0.5, 0.6) is 0 Å². The van der Waals surface area contributed by atoms with Crippen molar-refractivity contribution in [3.05, 3.63) is 63.1 Å². The van der Waals surface area contributed by atoms with Gasteiger partial charge in [0.15, 0.2) is 5.60 Å². The molecule has 1 atom stereocenters. The van der Waals surface area contributed by atoms with Crippen molar-refractivity contribution >= 4 is 6.09 Å². The monoisotopic (exact) mass is 461 g/mol. The number of benzene rings is 1. The number of hydrogen-bond acceptors (Lipinski definition) is 6. The largest absolute Gasteiger partial charge is 0.444 e. The Bertz CT molecular complexity index is 1060. The molecule has 0 saturated carbocycles. The highest BCUT2D eigenvalue weighted by atomic mass is 19.1. The van der Waals surface area contributed by atoms with E-state index in [2.05, 4.69) is 4.98 Å². The first-order valence-corrected chi connectivity index (χ1v) is 10.5. The van der Waals surface area contributed by atoms with E-state index in [1.807, 2.05) is 0 Å². The second-order valence-electron chi connectivity index (χ2n) is 9.95. The Hall–Kier alpha value is -3.07. The third-order valence-electron chi connectivity index (χ3n) is 5.48. The van der Waals surface area contributed by atoms with Gasteiger partial charge in [-0.1, -0.05) is 0 Å². The summed E-state index contributed by atoms with van der Waals surface area (Å²) in [6.45, 7) is 11.0. The number of aliphatic hydroxyl groups is 1. The van der Waals surface area contributed by atoms with E-state index in [1.54, 1.807) is 72.9 Å². The molecule has 180 valence electrons. The molecule has 0 fully saturated rings. The number of nitrogens with zero attached hydrogens (tertiary/aromatic N) is 3. The molecule has 1 aromatic heterocycles. The van der Waals surface area contributed by atoms with Gasteiger partial charge in [-0.05, 0) is 89.9 Å². The third kappa shape index (κ3) is 6.25. The first-order valence-electron chi connectivity index (χ1n) is 10.5. The number of rotatable bonds is 6. The molecule has 0 saturated heterocycles. The van der Waals surface area contributed by atoms with Crippen LogP contribution < -0.4 is 0 Å². The van der Waals surface area contributed by atoms with Gasteiger partial charge >= 0.3 is 6.09 Å². The van der Waals surface area contributed by atoms with E-state index in [0.29, 0.717) is 22.4 Å². The number of pyridine rings is 1. The second-order valence-corrected chi connectivity index (χ2v) is 9.95. The maximum absolute atomic E-state index is 13.8. The summed E-state index contributed by atoms with van der Waals surface area (Å²) < 4.78 is 19.3. The van der Waals surface area contributed by atoms with Crippen molar-refractivity contribution in [3.63, 3.8) is 0 Å². The average Bonchev–Trinajstić information content (AvgIpc) is 2.66. The lowest BCUT2D eigenvalue weighted by atomic mass is 9.88. The standard InChI is InChI=1S/C24H32FN3O5/c1-15-11-16(9-10-18(15)25)19-12-17(13-20(26-19)24(7,30)14-28(31)32)23(5,6)27(8)21(29)33-22(2,3)4/h9-13,30H,14H2,1-8H3. The highest BCUT2D eigenvalue weighted by Gasteiger charge is 2.37. The van der Waals surface area contributed by atoms with Crippen molar-refractivity contribution in [2.75, 3.05) is 13.6 Å². The Morgan fingerprint density at radius 2 is 1.79 bits per heavy atom. The minimum absolute atomic E-state index is 0.0688. The lowest BCUT2D eigenvalue weighted by Gasteiger charge is -2.37. The van der Waals surface area contributed by atoms with Crippen LogP contribution in [0.15, 0.2) is 30.3 Å². The molecule has 33 heavy (non-hydrogen) atoms. The molecule has 1 unspecified atom stereocenters. The Morgan fingerprint density at radius 1 is 1.18 bits per heavy atom. The fourth-order valence-corrected chi connectivity index (χ4v) is 3.20. The van der Waals surface area contributed by atoms with Crippen molar-refractivity contribution in [1.29, 1.82) is 0 Å². The SMILES string of the molecule is Cc1cc(-c2cc(C(C)(C)N(C)C(=O)OC(C)(C)C)cc(C(C)(O)C[N+](=O)[O-])n2)ccc1F. The molecule has 2 rings (SSSR count). The van der Waals surface area contributed by atoms with Crippen LogP contribution >= 0.6 is 0 Å². The second kappa shape index (κ2) is 9.05. The van der Waals surface area contributed by atoms with Gasteiger partial charge in [0.25, 0.3) is 0 Å². The smallest absolute Gasteiger partial charge is 0.410 e. The minimum Gasteiger partial charge on any atom is -0.444 e. The van der Waals surface area contributed by atoms with E-state index in [4.69, 9.17) is 4.74 Å². The van der Waals surface area contributed by atoms with Crippen molar-refractivity contribution < 1.29 is 24.0 Å². The molecule has 0 aliphatic rings. The highest BCUT2D eigenvalue weighted by Crippen LogP contribution is 2.34. The molecule has 1 aromatic carbocycles. The number of hydrogen-bond donors (Lipinski definition) is 1. The van der Waals surface area contributed by atoms with Gasteiger partial charge in [-0.3, -0.25) is 10.1 Å². The van der Waals surface area contributed by atoms with Crippen LogP contribution in [-0.2, 0) is 15.9 Å². The summed E-state index contributed by atoms with van der Waals surface area (Å²) in [6.07, 6.45) is -0.554. The lowest BCUT2D eigenvalue weighted by molar-refractivity contribution is -0.501. The molecule has 0 radical (unpaired) electrons. The van der Waals surface area contributed by atoms with Crippen LogP contribution in [-0.4, -0.2) is 45.2 Å². The van der Waals surface area contributed by atoms with E-state index in [9.17, 15) is 24.4 Å².